The number of likely N-dealkylation sites (tertiary alicyclic amines) is 1. The van der Waals surface area contributed by atoms with Crippen LogP contribution in [0.1, 0.15) is 133 Å². The first-order valence-electron chi connectivity index (χ1n) is 27.5. The number of aromatic nitrogens is 1. The highest BCUT2D eigenvalue weighted by Crippen LogP contribution is 2.59. The Bertz CT molecular complexity index is 2710. The average Bonchev–Trinajstić information content (AvgIpc) is 4.20. The van der Waals surface area contributed by atoms with Crippen LogP contribution in [-0.2, 0) is 19.8 Å². The molecule has 1 spiro atoms. The maximum absolute atomic E-state index is 16.1. The summed E-state index contributed by atoms with van der Waals surface area (Å²) in [5.74, 6) is 0.206. The van der Waals surface area contributed by atoms with Crippen LogP contribution in [0.3, 0.4) is 0 Å². The van der Waals surface area contributed by atoms with Crippen LogP contribution in [0.4, 0.5) is 21.6 Å². The number of carbonyl (C=O) groups excluding carboxylic acids is 4. The van der Waals surface area contributed by atoms with E-state index in [0.717, 1.165) is 117 Å². The standard InChI is InChI=1S/C56H68FN9O4.2C2H6/c1-34(28-45-37(4)59-20-13-44(45)41-7-11-50(58-6)60-31-41)38(5)62-23-16-40(17-24-62)52-35(2)27-42(29-47(52)57)54(69)63-21-14-39(15-22-63)33-64-25-26-65(32-36(64)3)43-8-9-48-46(30-43)56(18-19-56)55(70)66(48)49-10-12-51(67)61-53(49)68;2*1-2/h7-9,11,13,16,27-31,36,38-39,49,59H,10,12,14-15,17-26,32-33H2,1-6H3,(H,58,60)(H,61,67,68);2*1-2H3/b34-28+;;. The molecule has 1 aromatic heterocycles. The molecule has 1 saturated carbocycles. The van der Waals surface area contributed by atoms with E-state index in [1.54, 1.807) is 4.90 Å². The van der Waals surface area contributed by atoms with E-state index in [4.69, 9.17) is 0 Å². The number of anilines is 3. The number of rotatable bonds is 11. The van der Waals surface area contributed by atoms with Crippen molar-refractivity contribution in [3.63, 3.8) is 0 Å². The van der Waals surface area contributed by atoms with Crippen LogP contribution in [0.15, 0.2) is 83.7 Å². The van der Waals surface area contributed by atoms with Gasteiger partial charge >= 0.3 is 0 Å². The van der Waals surface area contributed by atoms with Gasteiger partial charge in [0.25, 0.3) is 5.91 Å². The Kier molecular flexibility index (Phi) is 17.0. The van der Waals surface area contributed by atoms with E-state index >= 15 is 4.39 Å². The molecule has 0 radical (unpaired) electrons. The third kappa shape index (κ3) is 10.8. The van der Waals surface area contributed by atoms with Gasteiger partial charge in [-0.2, -0.15) is 0 Å². The highest BCUT2D eigenvalue weighted by molar-refractivity contribution is 6.15. The molecule has 10 rings (SSSR count). The van der Waals surface area contributed by atoms with E-state index in [0.29, 0.717) is 49.1 Å². The van der Waals surface area contributed by atoms with Crippen molar-refractivity contribution >= 4 is 52.0 Å². The zero-order valence-electron chi connectivity index (χ0n) is 45.7. The number of hydrogen-bond acceptors (Lipinski definition) is 10. The molecule has 2 aromatic carbocycles. The molecule has 7 heterocycles. The Morgan fingerprint density at radius 3 is 2.34 bits per heavy atom. The predicted octanol–water partition coefficient (Wildman–Crippen LogP) is 9.25. The summed E-state index contributed by atoms with van der Waals surface area (Å²) in [4.78, 5) is 67.9. The first-order valence-corrected chi connectivity index (χ1v) is 27.5. The number of amides is 4. The summed E-state index contributed by atoms with van der Waals surface area (Å²) in [5, 5.41) is 9.03. The van der Waals surface area contributed by atoms with Gasteiger partial charge < -0.3 is 20.4 Å². The fraction of sp³-hybridized carbons (Fsp3) is 0.517. The number of dihydropyridines is 1. The van der Waals surface area contributed by atoms with Crippen LogP contribution in [0.5, 0.6) is 0 Å². The fourth-order valence-corrected chi connectivity index (χ4v) is 12.0. The summed E-state index contributed by atoms with van der Waals surface area (Å²) in [5.41, 5.74) is 11.1. The van der Waals surface area contributed by atoms with Gasteiger partial charge in [-0.3, -0.25) is 39.2 Å². The summed E-state index contributed by atoms with van der Waals surface area (Å²) in [6, 6.07) is 13.6. The molecular weight excluding hydrogens is 930 g/mol. The Hall–Kier alpha value is -6.12. The highest BCUT2D eigenvalue weighted by atomic mass is 19.1. The molecule has 3 N–H and O–H groups in total. The zero-order chi connectivity index (χ0) is 53.0. The topological polar surface area (TPSA) is 133 Å². The van der Waals surface area contributed by atoms with Gasteiger partial charge in [0.1, 0.15) is 17.7 Å². The Morgan fingerprint density at radius 1 is 0.946 bits per heavy atom. The lowest BCUT2D eigenvalue weighted by atomic mass is 9.90. The SMILES string of the molecule is CC.CC.CNc1ccc(C2=CCNC(C)=C2/C=C(\C)C(C)N2CC=C(c3c(C)cc(C(=O)N4CCC(CN5CCN(c6ccc7c(c6)C6(CC6)C(=O)N7C6CCC(=O)NC6=O)CC5C)CC4)cc3F)CC2)cn1. The number of carbonyl (C=O) groups is 4. The summed E-state index contributed by atoms with van der Waals surface area (Å²) >= 11 is 0. The number of pyridine rings is 1. The molecule has 0 bridgehead atoms. The quantitative estimate of drug-likeness (QED) is 0.160. The minimum absolute atomic E-state index is 0.00905. The molecule has 3 unspecified atom stereocenters. The molecule has 74 heavy (non-hydrogen) atoms. The minimum Gasteiger partial charge on any atom is -0.385 e. The van der Waals surface area contributed by atoms with E-state index in [2.05, 4.69) is 99.8 Å². The van der Waals surface area contributed by atoms with Crippen LogP contribution in [0.25, 0.3) is 11.1 Å². The molecule has 14 heteroatoms. The third-order valence-electron chi connectivity index (χ3n) is 16.6. The number of piperidine rings is 2. The molecule has 3 aromatic rings. The van der Waals surface area contributed by atoms with Gasteiger partial charge in [0, 0.05) is 130 Å². The van der Waals surface area contributed by atoms with E-state index in [9.17, 15) is 19.2 Å². The molecule has 3 atom stereocenters. The van der Waals surface area contributed by atoms with Crippen LogP contribution in [0.2, 0.25) is 0 Å². The number of imide groups is 1. The van der Waals surface area contributed by atoms with Crippen molar-refractivity contribution in [2.45, 2.75) is 131 Å². The zero-order valence-corrected chi connectivity index (χ0v) is 45.7. The second-order valence-electron chi connectivity index (χ2n) is 20.9. The third-order valence-corrected chi connectivity index (χ3v) is 16.6. The van der Waals surface area contributed by atoms with Crippen LogP contribution in [-0.4, -0.2) is 127 Å². The number of hydrogen-bond donors (Lipinski definition) is 3. The molecule has 4 fully saturated rings. The summed E-state index contributed by atoms with van der Waals surface area (Å²) in [6.45, 7) is 26.0. The van der Waals surface area contributed by atoms with Gasteiger partial charge in [-0.05, 0) is 144 Å². The predicted molar refractivity (Wildman–Crippen MR) is 297 cm³/mol. The summed E-state index contributed by atoms with van der Waals surface area (Å²) in [6.07, 6.45) is 13.3. The van der Waals surface area contributed by atoms with Crippen molar-refractivity contribution in [1.29, 1.82) is 0 Å². The first kappa shape index (κ1) is 54.2. The molecule has 4 amide bonds. The molecule has 7 aliphatic rings. The number of aryl methyl sites for hydroxylation is 1. The molecule has 1 aliphatic carbocycles. The van der Waals surface area contributed by atoms with Crippen molar-refractivity contribution in [3.8, 4) is 0 Å². The minimum atomic E-state index is -0.652. The van der Waals surface area contributed by atoms with Crippen molar-refractivity contribution in [2.75, 3.05) is 81.1 Å². The van der Waals surface area contributed by atoms with E-state index in [1.165, 1.54) is 22.8 Å². The van der Waals surface area contributed by atoms with Gasteiger partial charge in [-0.25, -0.2) is 9.37 Å². The second kappa shape index (κ2) is 23.2. The van der Waals surface area contributed by atoms with Crippen molar-refractivity contribution in [3.05, 3.63) is 117 Å². The van der Waals surface area contributed by atoms with Crippen molar-refractivity contribution in [1.82, 2.24) is 30.3 Å². The monoisotopic (exact) mass is 1010 g/mol. The number of piperazine rings is 1. The molecule has 13 nitrogen and oxygen atoms in total. The number of nitrogens with zero attached hydrogens (tertiary/aromatic N) is 6. The van der Waals surface area contributed by atoms with E-state index in [-0.39, 0.29) is 41.9 Å². The highest BCUT2D eigenvalue weighted by Gasteiger charge is 2.61. The normalized spacial score (nSPS) is 22.7. The smallest absolute Gasteiger partial charge is 0.253 e. The number of benzene rings is 2. The lowest BCUT2D eigenvalue weighted by Crippen LogP contribution is -2.54. The fourth-order valence-electron chi connectivity index (χ4n) is 12.0. The molecule has 396 valence electrons. The Balaban J connectivity index is 0.00000178. The van der Waals surface area contributed by atoms with Crippen molar-refractivity contribution < 1.29 is 23.6 Å². The van der Waals surface area contributed by atoms with Gasteiger partial charge in [0.2, 0.25) is 17.7 Å². The van der Waals surface area contributed by atoms with Gasteiger partial charge in [0.15, 0.2) is 0 Å². The number of fused-ring (bicyclic) bond motifs is 2. The largest absolute Gasteiger partial charge is 0.385 e. The lowest BCUT2D eigenvalue weighted by molar-refractivity contribution is -0.135. The van der Waals surface area contributed by atoms with Gasteiger partial charge in [-0.15, -0.1) is 0 Å². The first-order chi connectivity index (χ1) is 35.7. The van der Waals surface area contributed by atoms with Gasteiger partial charge in [-0.1, -0.05) is 51.5 Å². The van der Waals surface area contributed by atoms with E-state index < -0.39 is 11.5 Å². The van der Waals surface area contributed by atoms with Crippen molar-refractivity contribution in [2.24, 2.45) is 5.92 Å². The lowest BCUT2D eigenvalue weighted by Gasteiger charge is -2.43. The summed E-state index contributed by atoms with van der Waals surface area (Å²) < 4.78 is 16.1. The van der Waals surface area contributed by atoms with Crippen LogP contribution >= 0.6 is 0 Å². The number of nitrogens with one attached hydrogen (secondary N) is 3. The number of allylic oxidation sites excluding steroid dienone is 4. The van der Waals surface area contributed by atoms with Gasteiger partial charge in [0.05, 0.1) is 5.41 Å². The second-order valence-corrected chi connectivity index (χ2v) is 20.9. The maximum Gasteiger partial charge on any atom is 0.253 e. The Labute approximate surface area is 439 Å². The number of halogens is 1. The Morgan fingerprint density at radius 2 is 1.70 bits per heavy atom. The molecule has 3 saturated heterocycles. The van der Waals surface area contributed by atoms with Crippen LogP contribution < -0.4 is 25.8 Å². The van der Waals surface area contributed by atoms with E-state index in [1.807, 2.05) is 71.0 Å². The average molecular weight is 1010 g/mol. The van der Waals surface area contributed by atoms with Crippen LogP contribution in [0, 0.1) is 18.7 Å². The summed E-state index contributed by atoms with van der Waals surface area (Å²) in [7, 11) is 1.87. The maximum atomic E-state index is 16.1. The molecule has 6 aliphatic heterocycles. The molecular formula is C60H80FN9O4.